The Hall–Kier alpha value is -1.56. The highest BCUT2D eigenvalue weighted by atomic mass is 32.1. The highest BCUT2D eigenvalue weighted by molar-refractivity contribution is 7.08. The van der Waals surface area contributed by atoms with Crippen LogP contribution in [-0.2, 0) is 0 Å². The summed E-state index contributed by atoms with van der Waals surface area (Å²) in [6.07, 6.45) is -0.757. The van der Waals surface area contributed by atoms with Gasteiger partial charge in [0.2, 0.25) is 0 Å². The summed E-state index contributed by atoms with van der Waals surface area (Å²) in [5.41, 5.74) is 9.61. The van der Waals surface area contributed by atoms with Gasteiger partial charge < -0.3 is 21.3 Å². The van der Waals surface area contributed by atoms with E-state index >= 15 is 0 Å². The van der Waals surface area contributed by atoms with E-state index in [0.717, 1.165) is 22.5 Å². The molecule has 5 N–H and O–H groups in total. The lowest BCUT2D eigenvalue weighted by Crippen LogP contribution is -2.22. The highest BCUT2D eigenvalue weighted by Crippen LogP contribution is 2.30. The summed E-state index contributed by atoms with van der Waals surface area (Å²) < 4.78 is 0. The fourth-order valence-electron chi connectivity index (χ4n) is 1.63. The number of nitrogens with one attached hydrogen (secondary N) is 1. The van der Waals surface area contributed by atoms with Crippen LogP contribution in [0.2, 0.25) is 0 Å². The number of nitrogen functional groups attached to an aromatic ring is 1. The van der Waals surface area contributed by atoms with Crippen molar-refractivity contribution in [3.8, 4) is 11.1 Å². The second kappa shape index (κ2) is 5.86. The first-order valence-corrected chi connectivity index (χ1v) is 6.60. The Morgan fingerprint density at radius 3 is 2.83 bits per heavy atom. The highest BCUT2D eigenvalue weighted by Gasteiger charge is 2.06. The van der Waals surface area contributed by atoms with Gasteiger partial charge >= 0.3 is 0 Å². The van der Waals surface area contributed by atoms with Gasteiger partial charge in [0.05, 0.1) is 12.7 Å². The van der Waals surface area contributed by atoms with Crippen LogP contribution >= 0.6 is 11.3 Å². The van der Waals surface area contributed by atoms with Gasteiger partial charge in [0, 0.05) is 23.5 Å². The maximum absolute atomic E-state index is 9.29. The van der Waals surface area contributed by atoms with Crippen molar-refractivity contribution in [3.05, 3.63) is 35.0 Å². The topological polar surface area (TPSA) is 78.5 Å². The lowest BCUT2D eigenvalue weighted by Gasteiger charge is -2.12. The van der Waals surface area contributed by atoms with Crippen molar-refractivity contribution in [1.29, 1.82) is 0 Å². The molecule has 0 amide bonds. The van der Waals surface area contributed by atoms with E-state index in [2.05, 4.69) is 5.32 Å². The summed E-state index contributed by atoms with van der Waals surface area (Å²) in [5.74, 6) is 0. The largest absolute Gasteiger partial charge is 0.398 e. The summed E-state index contributed by atoms with van der Waals surface area (Å²) in [6.45, 7) is 0.0584. The molecule has 1 aromatic heterocycles. The minimum atomic E-state index is -0.757. The first-order valence-electron chi connectivity index (χ1n) is 5.65. The molecule has 0 bridgehead atoms. The van der Waals surface area contributed by atoms with Crippen LogP contribution in [0.25, 0.3) is 11.1 Å². The third kappa shape index (κ3) is 3.01. The SMILES string of the molecule is Nc1ccc(NCC(O)CO)cc1-c1ccsc1. The molecule has 0 aliphatic heterocycles. The van der Waals surface area contributed by atoms with Crippen LogP contribution in [0.3, 0.4) is 0 Å². The van der Waals surface area contributed by atoms with Crippen LogP contribution < -0.4 is 11.1 Å². The third-order valence-corrected chi connectivity index (χ3v) is 3.32. The van der Waals surface area contributed by atoms with Gasteiger partial charge in [0.25, 0.3) is 0 Å². The lowest BCUT2D eigenvalue weighted by atomic mass is 10.1. The van der Waals surface area contributed by atoms with Crippen molar-refractivity contribution in [2.24, 2.45) is 0 Å². The Morgan fingerprint density at radius 2 is 2.17 bits per heavy atom. The molecule has 0 spiro atoms. The monoisotopic (exact) mass is 264 g/mol. The van der Waals surface area contributed by atoms with Crippen LogP contribution in [0, 0.1) is 0 Å². The van der Waals surface area contributed by atoms with E-state index in [9.17, 15) is 5.11 Å². The summed E-state index contributed by atoms with van der Waals surface area (Å²) in [6, 6.07) is 7.65. The maximum atomic E-state index is 9.29. The predicted molar refractivity (Wildman–Crippen MR) is 75.7 cm³/mol. The molecule has 2 rings (SSSR count). The number of aliphatic hydroxyl groups excluding tert-OH is 2. The maximum Gasteiger partial charge on any atom is 0.0942 e. The van der Waals surface area contributed by atoms with E-state index in [4.69, 9.17) is 10.8 Å². The van der Waals surface area contributed by atoms with E-state index in [1.165, 1.54) is 0 Å². The molecule has 0 saturated heterocycles. The van der Waals surface area contributed by atoms with Gasteiger partial charge in [-0.1, -0.05) is 0 Å². The molecule has 1 atom stereocenters. The van der Waals surface area contributed by atoms with Gasteiger partial charge in [-0.05, 0) is 40.6 Å². The Kier molecular flexibility index (Phi) is 4.19. The predicted octanol–water partition coefficient (Wildman–Crippen LogP) is 1.76. The van der Waals surface area contributed by atoms with Crippen LogP contribution in [0.4, 0.5) is 11.4 Å². The molecule has 2 aromatic rings. The zero-order chi connectivity index (χ0) is 13.0. The lowest BCUT2D eigenvalue weighted by molar-refractivity contribution is 0.105. The number of thiophene rings is 1. The normalized spacial score (nSPS) is 12.3. The molecule has 0 saturated carbocycles. The Morgan fingerprint density at radius 1 is 1.33 bits per heavy atom. The zero-order valence-corrected chi connectivity index (χ0v) is 10.7. The van der Waals surface area contributed by atoms with Crippen LogP contribution in [0.5, 0.6) is 0 Å². The van der Waals surface area contributed by atoms with Gasteiger partial charge in [-0.15, -0.1) is 0 Å². The second-order valence-electron chi connectivity index (χ2n) is 4.03. The van der Waals surface area contributed by atoms with E-state index in [0.29, 0.717) is 6.54 Å². The average Bonchev–Trinajstić information content (AvgIpc) is 2.91. The molecule has 4 nitrogen and oxygen atoms in total. The minimum absolute atomic E-state index is 0.251. The van der Waals surface area contributed by atoms with E-state index in [-0.39, 0.29) is 6.61 Å². The molecule has 1 heterocycles. The van der Waals surface area contributed by atoms with E-state index in [1.54, 1.807) is 11.3 Å². The van der Waals surface area contributed by atoms with Crippen molar-refractivity contribution in [3.63, 3.8) is 0 Å². The van der Waals surface area contributed by atoms with Crippen molar-refractivity contribution in [2.45, 2.75) is 6.10 Å². The molecular weight excluding hydrogens is 248 g/mol. The van der Waals surface area contributed by atoms with Crippen molar-refractivity contribution in [1.82, 2.24) is 0 Å². The summed E-state index contributed by atoms with van der Waals surface area (Å²) >= 11 is 1.62. The Bertz CT molecular complexity index is 500. The fourth-order valence-corrected chi connectivity index (χ4v) is 2.29. The molecule has 18 heavy (non-hydrogen) atoms. The number of hydrogen-bond donors (Lipinski definition) is 4. The average molecular weight is 264 g/mol. The molecular formula is C13H16N2O2S. The van der Waals surface area contributed by atoms with Gasteiger partial charge in [-0.25, -0.2) is 0 Å². The molecule has 0 fully saturated rings. The molecule has 96 valence electrons. The van der Waals surface area contributed by atoms with E-state index in [1.807, 2.05) is 35.0 Å². The Balaban J connectivity index is 2.17. The smallest absolute Gasteiger partial charge is 0.0942 e. The summed E-state index contributed by atoms with van der Waals surface area (Å²) in [5, 5.41) is 25.2. The number of benzene rings is 1. The second-order valence-corrected chi connectivity index (χ2v) is 4.81. The van der Waals surface area contributed by atoms with Crippen LogP contribution in [0.15, 0.2) is 35.0 Å². The van der Waals surface area contributed by atoms with Gasteiger partial charge in [-0.2, -0.15) is 11.3 Å². The molecule has 1 unspecified atom stereocenters. The first kappa shape index (κ1) is 12.9. The van der Waals surface area contributed by atoms with Gasteiger partial charge in [-0.3, -0.25) is 0 Å². The molecule has 5 heteroatoms. The van der Waals surface area contributed by atoms with Crippen molar-refractivity contribution in [2.75, 3.05) is 24.2 Å². The molecule has 0 aliphatic rings. The standard InChI is InChI=1S/C13H16N2O2S/c14-13-2-1-10(15-6-11(17)7-16)5-12(13)9-3-4-18-8-9/h1-5,8,11,15-17H,6-7,14H2. The minimum Gasteiger partial charge on any atom is -0.398 e. The molecule has 0 radical (unpaired) electrons. The zero-order valence-electron chi connectivity index (χ0n) is 9.84. The van der Waals surface area contributed by atoms with Crippen molar-refractivity contribution >= 4 is 22.7 Å². The summed E-state index contributed by atoms with van der Waals surface area (Å²) in [7, 11) is 0. The van der Waals surface area contributed by atoms with Crippen LogP contribution in [0.1, 0.15) is 0 Å². The van der Waals surface area contributed by atoms with Gasteiger partial charge in [0.1, 0.15) is 0 Å². The Labute approximate surface area is 110 Å². The molecule has 0 aliphatic carbocycles. The number of anilines is 2. The van der Waals surface area contributed by atoms with Gasteiger partial charge in [0.15, 0.2) is 0 Å². The van der Waals surface area contributed by atoms with E-state index < -0.39 is 6.10 Å². The fraction of sp³-hybridized carbons (Fsp3) is 0.231. The number of nitrogens with two attached hydrogens (primary N) is 1. The van der Waals surface area contributed by atoms with Crippen molar-refractivity contribution < 1.29 is 10.2 Å². The third-order valence-electron chi connectivity index (χ3n) is 2.64. The first-order chi connectivity index (χ1) is 8.70. The number of aliphatic hydroxyl groups is 2. The van der Waals surface area contributed by atoms with Crippen LogP contribution in [-0.4, -0.2) is 29.5 Å². The number of rotatable bonds is 5. The molecule has 1 aromatic carbocycles. The quantitative estimate of drug-likeness (QED) is 0.621. The number of hydrogen-bond acceptors (Lipinski definition) is 5. The summed E-state index contributed by atoms with van der Waals surface area (Å²) in [4.78, 5) is 0.